The van der Waals surface area contributed by atoms with E-state index in [0.717, 1.165) is 222 Å². The Bertz CT molecular complexity index is 5510. The molecule has 8 aromatic heterocycles. The number of aromatic nitrogens is 15. The number of nitrogens with zero attached hydrogens (tertiary/aromatic N) is 14. The third kappa shape index (κ3) is 15.4. The van der Waals surface area contributed by atoms with E-state index in [2.05, 4.69) is 122 Å². The molecule has 3 aliphatic heterocycles. The standard InChI is InChI=1S/C32H29F2N5O.C32H32FN5O2.C21H24F2N8/c1-4-21-5-7-22(8-6-21)24-17-26-27(18-24)35-19-36-29(26)39-15-13-32(3,14-16-39)30-37-20(2)28(38-30)23-9-11-25(12-10-23)40-31(33)34;1-19-29(23-9-10-28(40-4)26(33)16-23)37-31(36-19)32(3)11-13-38(14-12-32)30-25-15-24(17-27(25)34-18-35-30)22-7-5-21(6-8-22)20(2)39;1-3-16-12(2)27-18(28-16)13-4-6-30(7-5-13)20-15-8-17(29-19(15)24-11-25-20)14-9-26-31(10-14)21(22)23/h1,5-12,17,19,31H,13-16,18H2,2-3H3,(H,37,38);5-10,15-16,18H,11-14,17H2,1-4H3,(H,36,37);8-11,13,21H,3-7H2,1-2H3,(H,27,28)(H,24,25,29). The molecule has 11 heterocycles. The Morgan fingerprint density at radius 2 is 1.15 bits per heavy atom. The van der Waals surface area contributed by atoms with Crippen LogP contribution < -0.4 is 24.2 Å². The van der Waals surface area contributed by atoms with Crippen molar-refractivity contribution in [2.75, 3.05) is 61.1 Å². The number of hydrogen-bond donors (Lipinski definition) is 4. The first-order valence-electron chi connectivity index (χ1n) is 37.4. The van der Waals surface area contributed by atoms with Gasteiger partial charge in [-0.05, 0) is 168 Å². The van der Waals surface area contributed by atoms with Crippen molar-refractivity contribution in [3.63, 3.8) is 0 Å². The Kier molecular flexibility index (Phi) is 20.8. The second-order valence-corrected chi connectivity index (χ2v) is 29.6. The predicted octanol–water partition coefficient (Wildman–Crippen LogP) is 16.8. The monoisotopic (exact) mass is 1500 g/mol. The molecule has 17 rings (SSSR count). The molecule has 3 saturated heterocycles. The van der Waals surface area contributed by atoms with Crippen LogP contribution in [0.2, 0.25) is 0 Å². The van der Waals surface area contributed by atoms with Gasteiger partial charge in [0.05, 0.1) is 52.9 Å². The summed E-state index contributed by atoms with van der Waals surface area (Å²) in [6.45, 7) is 13.8. The number of Topliss-reactive ketones (excluding diaryl/α,β-unsaturated/α-hetero) is 1. The molecule has 0 unspecified atom stereocenters. The normalized spacial score (nSPS) is 15.9. The van der Waals surface area contributed by atoms with E-state index in [1.807, 2.05) is 62.4 Å². The van der Waals surface area contributed by atoms with Crippen molar-refractivity contribution < 1.29 is 36.2 Å². The van der Waals surface area contributed by atoms with Gasteiger partial charge in [0.2, 0.25) is 0 Å². The van der Waals surface area contributed by atoms with Crippen molar-refractivity contribution in [2.45, 2.75) is 136 Å². The van der Waals surface area contributed by atoms with E-state index in [9.17, 15) is 26.7 Å². The van der Waals surface area contributed by atoms with Crippen LogP contribution in [0.4, 0.5) is 39.4 Å². The number of alkyl halides is 4. The summed E-state index contributed by atoms with van der Waals surface area (Å²) in [5, 5.41) is 4.59. The van der Waals surface area contributed by atoms with Crippen LogP contribution in [0, 0.1) is 38.9 Å². The molecule has 5 aliphatic rings. The maximum Gasteiger partial charge on any atom is 0.387 e. The highest BCUT2D eigenvalue weighted by atomic mass is 19.3. The predicted molar refractivity (Wildman–Crippen MR) is 420 cm³/mol. The smallest absolute Gasteiger partial charge is 0.387 e. The molecular weight excluding hydrogens is 1420 g/mol. The second kappa shape index (κ2) is 31.1. The quantitative estimate of drug-likeness (QED) is 0.0376. The number of benzene rings is 4. The van der Waals surface area contributed by atoms with Gasteiger partial charge in [-0.1, -0.05) is 63.1 Å². The molecular formula is C85H85F5N18O3. The lowest BCUT2D eigenvalue weighted by Gasteiger charge is -2.39. The molecule has 0 amide bonds. The molecule has 3 fully saturated rings. The van der Waals surface area contributed by atoms with Crippen LogP contribution in [0.1, 0.15) is 168 Å². The van der Waals surface area contributed by atoms with Crippen molar-refractivity contribution in [2.24, 2.45) is 0 Å². The van der Waals surface area contributed by atoms with Crippen LogP contribution >= 0.6 is 0 Å². The SMILES string of the molecule is C#Cc1ccc(C2=Cc3c(ncnc3N3CCC(C)(c4nc(-c5ccc(OC(F)F)cc5)c(C)[nH]4)CC3)C2)cc1.CCc1nc(C2CCN(c3ncnc4[nH]c(-c5cnn(C(F)F)c5)cc34)CC2)[nH]c1C.COc1ccc(-c2nc(C3(C)CCN(c4ncnc5c4C=C(c4ccc(C(C)=O)cc4)C5)CC3)[nH]c2C)cc1F. The van der Waals surface area contributed by atoms with E-state index in [-0.39, 0.29) is 28.1 Å². The minimum Gasteiger partial charge on any atom is -0.494 e. The van der Waals surface area contributed by atoms with Crippen LogP contribution in [-0.2, 0) is 30.1 Å². The number of allylic oxidation sites excluding steroid dienone is 2. The van der Waals surface area contributed by atoms with E-state index < -0.39 is 19.0 Å². The minimum absolute atomic E-state index is 0.0658. The zero-order chi connectivity index (χ0) is 77.4. The Morgan fingerprint density at radius 1 is 0.622 bits per heavy atom. The third-order valence-corrected chi connectivity index (χ3v) is 22.4. The zero-order valence-electron chi connectivity index (χ0n) is 63.1. The molecule has 568 valence electrons. The molecule has 0 saturated carbocycles. The van der Waals surface area contributed by atoms with Gasteiger partial charge in [-0.25, -0.2) is 53.9 Å². The number of halogens is 5. The molecule has 2 aliphatic carbocycles. The summed E-state index contributed by atoms with van der Waals surface area (Å²) in [4.78, 5) is 74.4. The summed E-state index contributed by atoms with van der Waals surface area (Å²) in [7, 11) is 1.46. The maximum atomic E-state index is 14.4. The molecule has 0 atom stereocenters. The van der Waals surface area contributed by atoms with Crippen molar-refractivity contribution in [3.05, 3.63) is 219 Å². The van der Waals surface area contributed by atoms with E-state index in [0.29, 0.717) is 33.1 Å². The van der Waals surface area contributed by atoms with Gasteiger partial charge in [-0.2, -0.15) is 22.7 Å². The number of carbonyl (C=O) groups excluding carboxylic acids is 1. The highest BCUT2D eigenvalue weighted by Crippen LogP contribution is 2.44. The lowest BCUT2D eigenvalue weighted by molar-refractivity contribution is -0.0498. The number of terminal acetylenes is 1. The van der Waals surface area contributed by atoms with Crippen molar-refractivity contribution in [1.82, 2.24) is 74.6 Å². The number of piperidine rings is 3. The van der Waals surface area contributed by atoms with Crippen molar-refractivity contribution in [1.29, 1.82) is 0 Å². The van der Waals surface area contributed by atoms with Crippen LogP contribution in [-0.4, -0.2) is 133 Å². The summed E-state index contributed by atoms with van der Waals surface area (Å²) < 4.78 is 75.3. The van der Waals surface area contributed by atoms with Crippen molar-refractivity contribution >= 4 is 57.6 Å². The Morgan fingerprint density at radius 3 is 1.67 bits per heavy atom. The number of ketones is 1. The Labute approximate surface area is 639 Å². The molecule has 21 nitrogen and oxygen atoms in total. The zero-order valence-corrected chi connectivity index (χ0v) is 63.1. The fourth-order valence-corrected chi connectivity index (χ4v) is 15.7. The summed E-state index contributed by atoms with van der Waals surface area (Å²) in [5.74, 6) is 8.86. The van der Waals surface area contributed by atoms with E-state index in [1.165, 1.54) is 43.0 Å². The topological polar surface area (TPSA) is 242 Å². The van der Waals surface area contributed by atoms with Gasteiger partial charge in [0.1, 0.15) is 65.3 Å². The van der Waals surface area contributed by atoms with Gasteiger partial charge >= 0.3 is 13.2 Å². The van der Waals surface area contributed by atoms with Crippen LogP contribution in [0.3, 0.4) is 0 Å². The summed E-state index contributed by atoms with van der Waals surface area (Å²) >= 11 is 0. The fraction of sp³-hybridized carbons (Fsp3) is 0.329. The number of nitrogens with one attached hydrogen (secondary N) is 4. The highest BCUT2D eigenvalue weighted by molar-refractivity contribution is 5.96. The Hall–Kier alpha value is -12.1. The number of anilines is 3. The van der Waals surface area contributed by atoms with Crippen LogP contribution in [0.15, 0.2) is 128 Å². The highest BCUT2D eigenvalue weighted by Gasteiger charge is 2.39. The number of carbonyl (C=O) groups is 1. The minimum atomic E-state index is -2.84. The number of hydrogen-bond acceptors (Lipinski definition) is 16. The van der Waals surface area contributed by atoms with E-state index in [4.69, 9.17) is 36.1 Å². The van der Waals surface area contributed by atoms with Gasteiger partial charge in [0.25, 0.3) is 0 Å². The molecule has 0 radical (unpaired) electrons. The second-order valence-electron chi connectivity index (χ2n) is 29.6. The number of methoxy groups -OCH3 is 1. The molecule has 0 bridgehead atoms. The number of ether oxygens (including phenoxy) is 2. The fourth-order valence-electron chi connectivity index (χ4n) is 15.7. The first kappa shape index (κ1) is 74.3. The average molecular weight is 1500 g/mol. The Balaban J connectivity index is 0.000000133. The number of H-pyrrole nitrogens is 4. The number of fused-ring (bicyclic) bond motifs is 3. The lowest BCUT2D eigenvalue weighted by atomic mass is 9.79. The number of imidazole rings is 3. The van der Waals surface area contributed by atoms with Crippen LogP contribution in [0.5, 0.6) is 11.5 Å². The van der Waals surface area contributed by atoms with Gasteiger partial charge in [0.15, 0.2) is 17.3 Å². The number of aromatic amines is 4. The molecule has 111 heavy (non-hydrogen) atoms. The summed E-state index contributed by atoms with van der Waals surface area (Å²) in [6.07, 6.45) is 25.6. The van der Waals surface area contributed by atoms with E-state index in [1.54, 1.807) is 49.9 Å². The van der Waals surface area contributed by atoms with Gasteiger partial charge in [-0.15, -0.1) is 6.42 Å². The molecule has 26 heteroatoms. The maximum absolute atomic E-state index is 14.4. The van der Waals surface area contributed by atoms with Gasteiger partial charge < -0.3 is 44.1 Å². The van der Waals surface area contributed by atoms with Crippen molar-refractivity contribution in [3.8, 4) is 57.6 Å². The summed E-state index contributed by atoms with van der Waals surface area (Å²) in [6, 6.07) is 29.3. The van der Waals surface area contributed by atoms with E-state index >= 15 is 0 Å². The average Bonchev–Trinajstić information content (AvgIpc) is 1.67. The summed E-state index contributed by atoms with van der Waals surface area (Å²) in [5.41, 5.74) is 19.5. The number of rotatable bonds is 17. The molecule has 4 aromatic carbocycles. The molecule has 12 aromatic rings. The largest absolute Gasteiger partial charge is 0.494 e. The van der Waals surface area contributed by atoms with Crippen LogP contribution in [0.25, 0.3) is 68.1 Å². The first-order valence-corrected chi connectivity index (χ1v) is 37.4. The van der Waals surface area contributed by atoms with Gasteiger partial charge in [-0.3, -0.25) is 4.79 Å². The number of aryl methyl sites for hydroxylation is 4. The third-order valence-electron chi connectivity index (χ3n) is 22.4. The molecule has 4 N–H and O–H groups in total. The first-order chi connectivity index (χ1) is 53.6. The lowest BCUT2D eigenvalue weighted by Crippen LogP contribution is -2.42. The van der Waals surface area contributed by atoms with Gasteiger partial charge in [0, 0.05) is 131 Å². The molecule has 0 spiro atoms.